The Kier molecular flexibility index (Phi) is 5.82. The van der Waals surface area contributed by atoms with Gasteiger partial charge in [0.1, 0.15) is 17.8 Å². The van der Waals surface area contributed by atoms with Gasteiger partial charge in [-0.05, 0) is 38.6 Å². The molecule has 4 aromatic rings. The van der Waals surface area contributed by atoms with Crippen LogP contribution in [0.15, 0.2) is 61.6 Å². The molecule has 178 valence electrons. The molecule has 3 aromatic heterocycles. The van der Waals surface area contributed by atoms with Crippen LogP contribution in [-0.2, 0) is 11.3 Å². The lowest BCUT2D eigenvalue weighted by Crippen LogP contribution is -2.34. The summed E-state index contributed by atoms with van der Waals surface area (Å²) < 4.78 is 2.07. The molecule has 3 N–H and O–H groups in total. The van der Waals surface area contributed by atoms with Crippen molar-refractivity contribution in [2.75, 3.05) is 19.3 Å². The quantitative estimate of drug-likeness (QED) is 0.420. The fourth-order valence-corrected chi connectivity index (χ4v) is 4.54. The molecule has 0 radical (unpaired) electrons. The lowest BCUT2D eigenvalue weighted by atomic mass is 9.98. The standard InChI is InChI=1S/C27H29N7O/c1-16(2)33(4)11-7-10-22(35)32-21-14-34-25(17(21)3)23(24-26(28)30-15-31-27(24)34)19-12-18-8-5-6-9-20(18)29-13-19/h5-10,12-13,15-16,21H,3,11,14H2,1-2,4H3,(H,32,35)(H2,28,30,31)/b10-7+/t21-/m1/s1. The second-order valence-electron chi connectivity index (χ2n) is 9.23. The number of hydrogen-bond acceptors (Lipinski definition) is 6. The molecular formula is C27H29N7O. The zero-order valence-electron chi connectivity index (χ0n) is 20.2. The maximum absolute atomic E-state index is 12.7. The van der Waals surface area contributed by atoms with E-state index in [1.807, 2.05) is 43.6 Å². The number of hydrogen-bond donors (Lipinski definition) is 2. The zero-order chi connectivity index (χ0) is 24.7. The van der Waals surface area contributed by atoms with Crippen molar-refractivity contribution in [2.45, 2.75) is 32.5 Å². The summed E-state index contributed by atoms with van der Waals surface area (Å²) in [5.41, 5.74) is 11.5. The molecule has 5 rings (SSSR count). The van der Waals surface area contributed by atoms with E-state index in [1.54, 1.807) is 6.08 Å². The molecule has 4 heterocycles. The number of anilines is 1. The number of fused-ring (bicyclic) bond motifs is 4. The second kappa shape index (κ2) is 8.96. The van der Waals surface area contributed by atoms with Gasteiger partial charge >= 0.3 is 0 Å². The van der Waals surface area contributed by atoms with Gasteiger partial charge in [-0.15, -0.1) is 0 Å². The minimum absolute atomic E-state index is 0.147. The number of likely N-dealkylation sites (N-methyl/N-ethyl adjacent to an activating group) is 1. The molecule has 35 heavy (non-hydrogen) atoms. The van der Waals surface area contributed by atoms with Gasteiger partial charge in [0.15, 0.2) is 0 Å². The number of carbonyl (C=O) groups is 1. The first-order valence-corrected chi connectivity index (χ1v) is 11.7. The number of rotatable bonds is 6. The fraction of sp³-hybridized carbons (Fsp3) is 0.259. The second-order valence-corrected chi connectivity index (χ2v) is 9.23. The first-order valence-electron chi connectivity index (χ1n) is 11.7. The molecule has 1 atom stereocenters. The molecule has 8 nitrogen and oxygen atoms in total. The van der Waals surface area contributed by atoms with Gasteiger partial charge in [-0.25, -0.2) is 9.97 Å². The topological polar surface area (TPSA) is 102 Å². The predicted molar refractivity (Wildman–Crippen MR) is 141 cm³/mol. The number of nitrogens with zero attached hydrogens (tertiary/aromatic N) is 5. The Morgan fingerprint density at radius 3 is 2.91 bits per heavy atom. The normalized spacial score (nSPS) is 15.7. The lowest BCUT2D eigenvalue weighted by molar-refractivity contribution is -0.116. The molecule has 0 aliphatic carbocycles. The van der Waals surface area contributed by atoms with Gasteiger partial charge in [-0.2, -0.15) is 0 Å². The van der Waals surface area contributed by atoms with Crippen molar-refractivity contribution in [1.82, 2.24) is 29.7 Å². The molecular weight excluding hydrogens is 438 g/mol. The van der Waals surface area contributed by atoms with Crippen LogP contribution in [0.1, 0.15) is 19.5 Å². The Balaban J connectivity index is 1.50. The van der Waals surface area contributed by atoms with E-state index in [0.29, 0.717) is 24.9 Å². The van der Waals surface area contributed by atoms with Gasteiger partial charge in [0, 0.05) is 47.9 Å². The van der Waals surface area contributed by atoms with Crippen molar-refractivity contribution in [3.05, 3.63) is 67.3 Å². The minimum atomic E-state index is -0.252. The maximum atomic E-state index is 12.7. The summed E-state index contributed by atoms with van der Waals surface area (Å²) >= 11 is 0. The Bertz CT molecular complexity index is 1480. The van der Waals surface area contributed by atoms with Crippen LogP contribution in [0.2, 0.25) is 0 Å². The maximum Gasteiger partial charge on any atom is 0.244 e. The minimum Gasteiger partial charge on any atom is -0.383 e. The van der Waals surface area contributed by atoms with Crippen LogP contribution in [0.25, 0.3) is 38.6 Å². The fourth-order valence-electron chi connectivity index (χ4n) is 4.54. The molecule has 1 amide bonds. The Morgan fingerprint density at radius 1 is 1.31 bits per heavy atom. The van der Waals surface area contributed by atoms with Gasteiger partial charge in [0.05, 0.1) is 22.6 Å². The molecule has 1 aliphatic rings. The monoisotopic (exact) mass is 467 g/mol. The number of nitrogen functional groups attached to an aromatic ring is 1. The summed E-state index contributed by atoms with van der Waals surface area (Å²) in [4.78, 5) is 28.2. The van der Waals surface area contributed by atoms with Crippen molar-refractivity contribution < 1.29 is 4.79 Å². The van der Waals surface area contributed by atoms with Crippen LogP contribution in [0.5, 0.6) is 0 Å². The largest absolute Gasteiger partial charge is 0.383 e. The number of pyridine rings is 1. The molecule has 0 unspecified atom stereocenters. The summed E-state index contributed by atoms with van der Waals surface area (Å²) in [6, 6.07) is 10.2. The van der Waals surface area contributed by atoms with E-state index < -0.39 is 0 Å². The van der Waals surface area contributed by atoms with Gasteiger partial charge in [0.25, 0.3) is 0 Å². The Hall–Kier alpha value is -4.04. The van der Waals surface area contributed by atoms with E-state index in [1.165, 1.54) is 6.33 Å². The molecule has 1 aromatic carbocycles. The van der Waals surface area contributed by atoms with E-state index in [0.717, 1.165) is 44.3 Å². The number of aromatic nitrogens is 4. The highest BCUT2D eigenvalue weighted by Gasteiger charge is 2.34. The highest BCUT2D eigenvalue weighted by molar-refractivity contribution is 6.08. The SMILES string of the molecule is C=C1c2c(-c3cnc4ccccc4c3)c3c(N)ncnc3n2C[C@H]1NC(=O)/C=C/CN(C)C(C)C. The number of para-hydroxylation sites is 1. The van der Waals surface area contributed by atoms with Crippen LogP contribution in [-0.4, -0.2) is 56.0 Å². The average molecular weight is 468 g/mol. The molecule has 0 saturated heterocycles. The van der Waals surface area contributed by atoms with Crippen molar-refractivity contribution in [3.8, 4) is 11.1 Å². The molecule has 0 bridgehead atoms. The van der Waals surface area contributed by atoms with Crippen molar-refractivity contribution in [3.63, 3.8) is 0 Å². The number of benzene rings is 1. The number of amides is 1. The molecule has 0 spiro atoms. The summed E-state index contributed by atoms with van der Waals surface area (Å²) in [5, 5.41) is 4.90. The van der Waals surface area contributed by atoms with Crippen LogP contribution in [0, 0.1) is 0 Å². The van der Waals surface area contributed by atoms with Crippen molar-refractivity contribution in [1.29, 1.82) is 0 Å². The third-order valence-corrected chi connectivity index (χ3v) is 6.70. The predicted octanol–water partition coefficient (Wildman–Crippen LogP) is 3.64. The highest BCUT2D eigenvalue weighted by Crippen LogP contribution is 2.44. The van der Waals surface area contributed by atoms with E-state index >= 15 is 0 Å². The average Bonchev–Trinajstić information content (AvgIpc) is 3.33. The van der Waals surface area contributed by atoms with Crippen LogP contribution in [0.3, 0.4) is 0 Å². The first kappa shape index (κ1) is 22.7. The number of nitrogens with one attached hydrogen (secondary N) is 1. The van der Waals surface area contributed by atoms with Crippen LogP contribution >= 0.6 is 0 Å². The van der Waals surface area contributed by atoms with Crippen molar-refractivity contribution >= 4 is 39.2 Å². The van der Waals surface area contributed by atoms with E-state index in [2.05, 4.69) is 56.2 Å². The first-order chi connectivity index (χ1) is 16.8. The molecule has 0 saturated carbocycles. The zero-order valence-corrected chi connectivity index (χ0v) is 20.2. The third kappa shape index (κ3) is 4.06. The highest BCUT2D eigenvalue weighted by atomic mass is 16.1. The summed E-state index contributed by atoms with van der Waals surface area (Å²) in [6.45, 7) is 9.82. The summed E-state index contributed by atoms with van der Waals surface area (Å²) in [5.74, 6) is 0.261. The van der Waals surface area contributed by atoms with Crippen molar-refractivity contribution in [2.24, 2.45) is 0 Å². The van der Waals surface area contributed by atoms with Crippen LogP contribution in [0.4, 0.5) is 5.82 Å². The van der Waals surface area contributed by atoms with Crippen LogP contribution < -0.4 is 11.1 Å². The van der Waals surface area contributed by atoms with Gasteiger partial charge in [0.2, 0.25) is 5.91 Å². The van der Waals surface area contributed by atoms with E-state index in [9.17, 15) is 4.79 Å². The number of nitrogens with two attached hydrogens (primary N) is 1. The van der Waals surface area contributed by atoms with Gasteiger partial charge in [-0.3, -0.25) is 9.78 Å². The molecule has 0 fully saturated rings. The summed E-state index contributed by atoms with van der Waals surface area (Å²) in [7, 11) is 2.03. The Morgan fingerprint density at radius 2 is 2.11 bits per heavy atom. The van der Waals surface area contributed by atoms with E-state index in [-0.39, 0.29) is 11.9 Å². The molecule has 8 heteroatoms. The Labute approximate surface area is 204 Å². The smallest absolute Gasteiger partial charge is 0.244 e. The molecule has 1 aliphatic heterocycles. The van der Waals surface area contributed by atoms with Gasteiger partial charge < -0.3 is 20.5 Å². The van der Waals surface area contributed by atoms with E-state index in [4.69, 9.17) is 5.73 Å². The van der Waals surface area contributed by atoms with Gasteiger partial charge in [-0.1, -0.05) is 30.9 Å². The summed E-state index contributed by atoms with van der Waals surface area (Å²) in [6.07, 6.45) is 6.78. The lowest BCUT2D eigenvalue weighted by Gasteiger charge is -2.18. The number of carbonyl (C=O) groups excluding carboxylic acids is 1. The third-order valence-electron chi connectivity index (χ3n) is 6.70.